The highest BCUT2D eigenvalue weighted by Crippen LogP contribution is 2.42. The second-order valence-corrected chi connectivity index (χ2v) is 25.9. The number of nitrogen functional groups attached to an aromatic ring is 1. The van der Waals surface area contributed by atoms with E-state index in [4.69, 9.17) is 27.8 Å². The van der Waals surface area contributed by atoms with Crippen molar-refractivity contribution in [1.82, 2.24) is 0 Å². The largest absolute Gasteiger partial charge is 0.426 e. The Morgan fingerprint density at radius 3 is 1.25 bits per heavy atom. The third kappa shape index (κ3) is 24.6. The molecule has 95 heavy (non-hydrogen) atoms. The Kier molecular flexibility index (Phi) is 34.2. The number of para-hydroxylation sites is 2. The van der Waals surface area contributed by atoms with Gasteiger partial charge in [-0.15, -0.1) is 0 Å². The number of carbonyl (C=O) groups is 6. The maximum atomic E-state index is 12.5. The number of anilines is 4. The van der Waals surface area contributed by atoms with Crippen LogP contribution in [0.5, 0.6) is 11.5 Å². The van der Waals surface area contributed by atoms with Crippen LogP contribution >= 0.6 is 46.9 Å². The van der Waals surface area contributed by atoms with Crippen molar-refractivity contribution in [2.75, 3.05) is 28.2 Å². The second kappa shape index (κ2) is 41.0. The molecule has 0 atom stereocenters. The number of esters is 1. The molecule has 504 valence electrons. The molecule has 0 unspecified atom stereocenters. The van der Waals surface area contributed by atoms with Crippen molar-refractivity contribution in [1.29, 1.82) is 0 Å². The van der Waals surface area contributed by atoms with Gasteiger partial charge >= 0.3 is 11.4 Å². The second-order valence-electron chi connectivity index (χ2n) is 22.4. The summed E-state index contributed by atoms with van der Waals surface area (Å²) in [5.74, 6) is 2.44. The summed E-state index contributed by atoms with van der Waals surface area (Å²) in [6.45, 7) is 0.894. The third-order valence-corrected chi connectivity index (χ3v) is 19.2. The van der Waals surface area contributed by atoms with Crippen molar-refractivity contribution in [3.8, 4) is 11.5 Å². The normalized spacial score (nSPS) is 13.7. The van der Waals surface area contributed by atoms with E-state index in [1.54, 1.807) is 66.0 Å². The number of hydrogen-bond donors (Lipinski definition) is 5. The number of nitrogens with two attached hydrogens (primary N) is 2. The Balaban J connectivity index is 0.000000264. The minimum atomic E-state index is -0.814. The number of fused-ring (bicyclic) bond motifs is 6. The highest BCUT2D eigenvalue weighted by molar-refractivity contribution is 8.00. The molecule has 2 aliphatic carbocycles. The average molecular weight is 1360 g/mol. The number of halogens is 1. The van der Waals surface area contributed by atoms with E-state index >= 15 is 0 Å². The molecule has 3 aliphatic heterocycles. The van der Waals surface area contributed by atoms with Gasteiger partial charge in [-0.1, -0.05) is 228 Å². The number of rotatable bonds is 12. The fourth-order valence-corrected chi connectivity index (χ4v) is 14.3. The standard InChI is InChI=1S/C24H27NO2S.C21H15NO3S.C13H10N2OS.C8H17N.C7H5ClO2.5CH4/c26-19(10-6-9-17-7-2-1-3-8-17)15-18-13-14-23-21(16-18)25-24(27)20-11-4-5-12-22(20)28-23;23-20(25-15-6-2-1-3-7-15)13-14-10-11-19-17(12-14)22-21(24)16-8-4-5-9-18(16)26-19;14-8-5-6-12-10(7-8)15-13(16)9-3-1-2-4-11(9)17-12;9-7-6-8-4-2-1-3-5-8;8-7(9)10-6-4-2-1-3-5-6;;;;;/h4-5,11-14,16-17H,1-3,6-10,15H2,(H,25,27);1-12H,13H2,(H,22,24);1-7H,14H2,(H,15,16);8H,1-7,9H2;1-5H;5*1H4. The van der Waals surface area contributed by atoms with E-state index in [-0.39, 0.29) is 67.2 Å². The molecular weight excluding hydrogens is 1270 g/mol. The molecular formula is C78H94ClN5O8S3. The SMILES string of the molecule is C.C.C.C.C.NCCC1CCCCC1.Nc1ccc2c(c1)NC(=O)c1ccccc1S2.O=C(CCCC1CCCCC1)Cc1ccc2c(c1)NC(=O)c1ccccc1S2.O=C(Cc1ccc2c(c1)NC(=O)c1ccccc1S2)Oc1ccccc1.O=C(Cl)Oc1ccccc1. The molecule has 0 bridgehead atoms. The molecule has 0 saturated heterocycles. The molecule has 2 fully saturated rings. The van der Waals surface area contributed by atoms with Gasteiger partial charge in [0.15, 0.2) is 0 Å². The number of ether oxygens (including phenoxy) is 2. The van der Waals surface area contributed by atoms with Crippen LogP contribution in [0, 0.1) is 11.8 Å². The average Bonchev–Trinajstić information content (AvgIpc) is 1.70. The zero-order valence-corrected chi connectivity index (χ0v) is 53.3. The Morgan fingerprint density at radius 1 is 0.442 bits per heavy atom. The predicted octanol–water partition coefficient (Wildman–Crippen LogP) is 21.3. The number of Topliss-reactive ketones (excluding diaryl/α,β-unsaturated/α-hetero) is 1. The van der Waals surface area contributed by atoms with E-state index in [9.17, 15) is 28.8 Å². The van der Waals surface area contributed by atoms with Crippen molar-refractivity contribution in [2.24, 2.45) is 17.6 Å². The summed E-state index contributed by atoms with van der Waals surface area (Å²) in [5.41, 5.74) is 17.1. The van der Waals surface area contributed by atoms with Gasteiger partial charge in [-0.25, -0.2) is 4.79 Å². The quantitative estimate of drug-likeness (QED) is 0.0334. The highest BCUT2D eigenvalue weighted by atomic mass is 35.5. The van der Waals surface area contributed by atoms with Gasteiger partial charge in [-0.2, -0.15) is 0 Å². The number of amides is 3. The minimum Gasteiger partial charge on any atom is -0.426 e. The Morgan fingerprint density at radius 2 is 0.821 bits per heavy atom. The summed E-state index contributed by atoms with van der Waals surface area (Å²) in [6.07, 6.45) is 18.8. The number of nitrogens with one attached hydrogen (secondary N) is 3. The molecule has 0 aromatic heterocycles. The number of ketones is 1. The lowest BCUT2D eigenvalue weighted by Crippen LogP contribution is -2.13. The molecule has 13 nitrogen and oxygen atoms in total. The first-order chi connectivity index (χ1) is 43.8. The van der Waals surface area contributed by atoms with Crippen molar-refractivity contribution in [2.45, 2.75) is 169 Å². The Bertz CT molecular complexity index is 3770. The van der Waals surface area contributed by atoms with Crippen molar-refractivity contribution in [3.05, 3.63) is 216 Å². The molecule has 17 heteroatoms. The lowest BCUT2D eigenvalue weighted by Gasteiger charge is -2.21. The van der Waals surface area contributed by atoms with Crippen LogP contribution in [0.15, 0.2) is 217 Å². The summed E-state index contributed by atoms with van der Waals surface area (Å²) in [6, 6.07) is 57.5. The molecule has 3 heterocycles. The fourth-order valence-electron chi connectivity index (χ4n) is 11.1. The van der Waals surface area contributed by atoms with Gasteiger partial charge in [0, 0.05) is 59.5 Å². The van der Waals surface area contributed by atoms with Crippen LogP contribution in [0.25, 0.3) is 0 Å². The lowest BCUT2D eigenvalue weighted by molar-refractivity contribution is -0.133. The fraction of sp³-hybridized carbons (Fsp3) is 0.308. The molecule has 2 saturated carbocycles. The van der Waals surface area contributed by atoms with Crippen LogP contribution in [0.3, 0.4) is 0 Å². The van der Waals surface area contributed by atoms with Crippen LogP contribution in [0.4, 0.5) is 27.5 Å². The van der Waals surface area contributed by atoms with E-state index in [1.807, 2.05) is 146 Å². The van der Waals surface area contributed by atoms with Crippen LogP contribution in [0.2, 0.25) is 0 Å². The van der Waals surface area contributed by atoms with E-state index in [1.165, 1.54) is 88.8 Å². The van der Waals surface area contributed by atoms with Gasteiger partial charge in [0.2, 0.25) is 0 Å². The van der Waals surface area contributed by atoms with Crippen molar-refractivity contribution < 1.29 is 38.2 Å². The van der Waals surface area contributed by atoms with Gasteiger partial charge in [0.1, 0.15) is 17.3 Å². The van der Waals surface area contributed by atoms with E-state index < -0.39 is 5.43 Å². The van der Waals surface area contributed by atoms with Crippen molar-refractivity contribution >= 4 is 105 Å². The topological polar surface area (TPSA) is 209 Å². The highest BCUT2D eigenvalue weighted by Gasteiger charge is 2.24. The summed E-state index contributed by atoms with van der Waals surface area (Å²) in [4.78, 5) is 77.5. The first-order valence-corrected chi connectivity index (χ1v) is 33.5. The maximum absolute atomic E-state index is 12.5. The molecule has 7 N–H and O–H groups in total. The molecule has 5 aliphatic rings. The molecule has 0 spiro atoms. The van der Waals surface area contributed by atoms with Crippen molar-refractivity contribution in [3.63, 3.8) is 0 Å². The number of benzene rings is 8. The summed E-state index contributed by atoms with van der Waals surface area (Å²) < 4.78 is 9.87. The number of carbonyl (C=O) groups excluding carboxylic acids is 6. The van der Waals surface area contributed by atoms with Gasteiger partial charge < -0.3 is 36.9 Å². The summed E-state index contributed by atoms with van der Waals surface area (Å²) in [7, 11) is 0. The van der Waals surface area contributed by atoms with Crippen LogP contribution < -0.4 is 36.9 Å². The third-order valence-electron chi connectivity index (χ3n) is 15.6. The van der Waals surface area contributed by atoms with Gasteiger partial charge in [0.05, 0.1) is 40.2 Å². The van der Waals surface area contributed by atoms with E-state index in [2.05, 4.69) is 20.7 Å². The molecule has 3 amide bonds. The lowest BCUT2D eigenvalue weighted by atomic mass is 9.85. The maximum Gasteiger partial charge on any atom is 0.409 e. The Labute approximate surface area is 581 Å². The van der Waals surface area contributed by atoms with Gasteiger partial charge in [-0.05, 0) is 145 Å². The van der Waals surface area contributed by atoms with Crippen LogP contribution in [-0.2, 0) is 22.4 Å². The monoisotopic (exact) mass is 1360 g/mol. The Hall–Kier alpha value is -8.12. The molecule has 8 aromatic carbocycles. The van der Waals surface area contributed by atoms with Crippen LogP contribution in [-0.4, -0.2) is 41.4 Å². The summed E-state index contributed by atoms with van der Waals surface area (Å²) in [5, 5.41) is 8.82. The zero-order valence-electron chi connectivity index (χ0n) is 50.1. The molecule has 13 rings (SSSR count). The predicted molar refractivity (Wildman–Crippen MR) is 396 cm³/mol. The zero-order chi connectivity index (χ0) is 63.0. The van der Waals surface area contributed by atoms with E-state index in [0.717, 1.165) is 76.7 Å². The first kappa shape index (κ1) is 79.3. The molecule has 0 radical (unpaired) electrons. The van der Waals surface area contributed by atoms with Gasteiger partial charge in [-0.3, -0.25) is 24.0 Å². The first-order valence-electron chi connectivity index (χ1n) is 30.6. The molecule has 8 aromatic rings. The number of hydrogen-bond acceptors (Lipinski definition) is 13. The van der Waals surface area contributed by atoms with E-state index in [0.29, 0.717) is 58.2 Å². The summed E-state index contributed by atoms with van der Waals surface area (Å²) >= 11 is 9.66. The van der Waals surface area contributed by atoms with Crippen LogP contribution in [0.1, 0.15) is 169 Å². The van der Waals surface area contributed by atoms with Gasteiger partial charge in [0.25, 0.3) is 17.7 Å². The minimum absolute atomic E-state index is 0. The smallest absolute Gasteiger partial charge is 0.409 e.